The molecule has 1 heterocycles. The Morgan fingerprint density at radius 3 is 2.52 bits per heavy atom. The maximum absolute atomic E-state index is 12.8. The molecule has 0 radical (unpaired) electrons. The fourth-order valence-corrected chi connectivity index (χ4v) is 3.65. The number of urea groups is 1. The number of nitrogens with zero attached hydrogens (tertiary/aromatic N) is 1. The van der Waals surface area contributed by atoms with Crippen LogP contribution in [-0.4, -0.2) is 46.9 Å². The van der Waals surface area contributed by atoms with Crippen molar-refractivity contribution >= 4 is 6.03 Å². The summed E-state index contributed by atoms with van der Waals surface area (Å²) >= 11 is 0. The number of amides is 2. The maximum atomic E-state index is 12.8. The van der Waals surface area contributed by atoms with E-state index in [1.165, 1.54) is 4.90 Å². The molecule has 0 spiro atoms. The summed E-state index contributed by atoms with van der Waals surface area (Å²) in [5.74, 6) is 0.482. The molecule has 0 aromatic rings. The van der Waals surface area contributed by atoms with Gasteiger partial charge in [0.25, 0.3) is 0 Å². The molecular formula is C16H27F3N2O2. The van der Waals surface area contributed by atoms with Crippen molar-refractivity contribution in [1.29, 1.82) is 0 Å². The first-order valence-corrected chi connectivity index (χ1v) is 8.61. The minimum absolute atomic E-state index is 0.0613. The standard InChI is InChI=1S/C16H27F3N2O2/c1-2-3-5-12-6-4-7-13(12)20-14(22)21-10-8-15(23,9-11-21)16(17,18)19/h12-13,23H,2-11H2,1H3,(H,20,22). The van der Waals surface area contributed by atoms with Gasteiger partial charge in [-0.1, -0.05) is 26.2 Å². The minimum Gasteiger partial charge on any atom is -0.380 e. The van der Waals surface area contributed by atoms with Crippen LogP contribution in [0.3, 0.4) is 0 Å². The molecule has 4 nitrogen and oxygen atoms in total. The van der Waals surface area contributed by atoms with Gasteiger partial charge in [-0.15, -0.1) is 0 Å². The molecule has 0 aromatic carbocycles. The first-order chi connectivity index (χ1) is 10.8. The number of hydrogen-bond acceptors (Lipinski definition) is 2. The third-order valence-corrected chi connectivity index (χ3v) is 5.30. The Morgan fingerprint density at radius 2 is 1.96 bits per heavy atom. The van der Waals surface area contributed by atoms with Crippen molar-refractivity contribution < 1.29 is 23.1 Å². The highest BCUT2D eigenvalue weighted by Crippen LogP contribution is 2.38. The van der Waals surface area contributed by atoms with Gasteiger partial charge in [0.15, 0.2) is 5.60 Å². The van der Waals surface area contributed by atoms with E-state index >= 15 is 0 Å². The van der Waals surface area contributed by atoms with Crippen molar-refractivity contribution in [1.82, 2.24) is 10.2 Å². The molecule has 1 aliphatic heterocycles. The predicted molar refractivity (Wildman–Crippen MR) is 81.0 cm³/mol. The van der Waals surface area contributed by atoms with Gasteiger partial charge >= 0.3 is 12.2 Å². The first-order valence-electron chi connectivity index (χ1n) is 8.61. The second-order valence-electron chi connectivity index (χ2n) is 6.91. The SMILES string of the molecule is CCCCC1CCCC1NC(=O)N1CCC(O)(C(F)(F)F)CC1. The third-order valence-electron chi connectivity index (χ3n) is 5.30. The van der Waals surface area contributed by atoms with Crippen LogP contribution in [0.25, 0.3) is 0 Å². The van der Waals surface area contributed by atoms with E-state index in [4.69, 9.17) is 0 Å². The summed E-state index contributed by atoms with van der Waals surface area (Å²) in [6, 6.07) is -0.153. The number of unbranched alkanes of at least 4 members (excludes halogenated alkanes) is 1. The molecule has 2 rings (SSSR count). The number of nitrogens with one attached hydrogen (secondary N) is 1. The molecule has 1 saturated heterocycles. The third kappa shape index (κ3) is 4.31. The van der Waals surface area contributed by atoms with Crippen molar-refractivity contribution in [2.45, 2.75) is 76.1 Å². The summed E-state index contributed by atoms with van der Waals surface area (Å²) < 4.78 is 38.3. The van der Waals surface area contributed by atoms with Crippen LogP contribution in [0.2, 0.25) is 0 Å². The van der Waals surface area contributed by atoms with E-state index in [1.807, 2.05) is 0 Å². The lowest BCUT2D eigenvalue weighted by molar-refractivity contribution is -0.271. The molecule has 2 fully saturated rings. The number of alkyl halides is 3. The van der Waals surface area contributed by atoms with Crippen molar-refractivity contribution in [2.75, 3.05) is 13.1 Å². The second kappa shape index (κ2) is 7.28. The maximum Gasteiger partial charge on any atom is 0.417 e. The van der Waals surface area contributed by atoms with Crippen LogP contribution < -0.4 is 5.32 Å². The lowest BCUT2D eigenvalue weighted by atomic mass is 9.91. The topological polar surface area (TPSA) is 52.6 Å². The number of carbonyl (C=O) groups is 1. The lowest BCUT2D eigenvalue weighted by Gasteiger charge is -2.39. The van der Waals surface area contributed by atoms with Crippen LogP contribution in [-0.2, 0) is 0 Å². The lowest BCUT2D eigenvalue weighted by Crippen LogP contribution is -2.56. The van der Waals surface area contributed by atoms with Gasteiger partial charge in [0.05, 0.1) is 0 Å². The average Bonchev–Trinajstić information content (AvgIpc) is 2.91. The molecule has 0 aromatic heterocycles. The molecule has 7 heteroatoms. The van der Waals surface area contributed by atoms with Crippen molar-refractivity contribution in [3.63, 3.8) is 0 Å². The van der Waals surface area contributed by atoms with E-state index in [1.54, 1.807) is 0 Å². The van der Waals surface area contributed by atoms with Crippen LogP contribution in [0.5, 0.6) is 0 Å². The van der Waals surface area contributed by atoms with Crippen molar-refractivity contribution in [3.8, 4) is 0 Å². The summed E-state index contributed by atoms with van der Waals surface area (Å²) in [6.45, 7) is 2.01. The van der Waals surface area contributed by atoms with Crippen LogP contribution in [0.1, 0.15) is 58.3 Å². The number of aliphatic hydroxyl groups is 1. The Bertz CT molecular complexity index is 407. The van der Waals surface area contributed by atoms with Crippen molar-refractivity contribution in [3.05, 3.63) is 0 Å². The zero-order chi connectivity index (χ0) is 17.1. The van der Waals surface area contributed by atoms with E-state index < -0.39 is 24.6 Å². The predicted octanol–water partition coefficient (Wildman–Crippen LogP) is 3.44. The second-order valence-corrected chi connectivity index (χ2v) is 6.91. The van der Waals surface area contributed by atoms with E-state index in [2.05, 4.69) is 12.2 Å². The van der Waals surface area contributed by atoms with Gasteiger partial charge in [0.2, 0.25) is 0 Å². The summed E-state index contributed by atoms with van der Waals surface area (Å²) in [5, 5.41) is 12.6. The molecular weight excluding hydrogens is 309 g/mol. The number of halogens is 3. The number of likely N-dealkylation sites (tertiary alicyclic amines) is 1. The largest absolute Gasteiger partial charge is 0.417 e. The summed E-state index contributed by atoms with van der Waals surface area (Å²) in [7, 11) is 0. The van der Waals surface area contributed by atoms with Crippen LogP contribution >= 0.6 is 0 Å². The van der Waals surface area contributed by atoms with E-state index in [9.17, 15) is 23.1 Å². The molecule has 23 heavy (non-hydrogen) atoms. The summed E-state index contributed by atoms with van der Waals surface area (Å²) in [4.78, 5) is 13.7. The highest BCUT2D eigenvalue weighted by atomic mass is 19.4. The van der Waals surface area contributed by atoms with E-state index in [0.717, 1.165) is 38.5 Å². The first kappa shape index (κ1) is 18.4. The van der Waals surface area contributed by atoms with Gasteiger partial charge in [-0.05, 0) is 25.2 Å². The highest BCUT2D eigenvalue weighted by molar-refractivity contribution is 5.74. The summed E-state index contributed by atoms with van der Waals surface area (Å²) in [6.07, 6.45) is 0.967. The minimum atomic E-state index is -4.63. The molecule has 2 amide bonds. The monoisotopic (exact) mass is 336 g/mol. The highest BCUT2D eigenvalue weighted by Gasteiger charge is 2.55. The van der Waals surface area contributed by atoms with Crippen LogP contribution in [0.15, 0.2) is 0 Å². The van der Waals surface area contributed by atoms with Gasteiger partial charge in [0.1, 0.15) is 0 Å². The van der Waals surface area contributed by atoms with Crippen LogP contribution in [0.4, 0.5) is 18.0 Å². The number of carbonyl (C=O) groups excluding carboxylic acids is 1. The molecule has 2 atom stereocenters. The fourth-order valence-electron chi connectivity index (χ4n) is 3.65. The van der Waals surface area contributed by atoms with Gasteiger partial charge in [-0.3, -0.25) is 0 Å². The Labute approximate surface area is 135 Å². The molecule has 1 saturated carbocycles. The zero-order valence-corrected chi connectivity index (χ0v) is 13.7. The quantitative estimate of drug-likeness (QED) is 0.826. The van der Waals surface area contributed by atoms with Gasteiger partial charge < -0.3 is 15.3 Å². The van der Waals surface area contributed by atoms with E-state index in [-0.39, 0.29) is 25.2 Å². The van der Waals surface area contributed by atoms with Gasteiger partial charge in [0, 0.05) is 32.0 Å². The molecule has 2 aliphatic rings. The Hall–Kier alpha value is -0.980. The molecule has 134 valence electrons. The molecule has 0 bridgehead atoms. The number of piperidine rings is 1. The zero-order valence-electron chi connectivity index (χ0n) is 13.7. The number of hydrogen-bond donors (Lipinski definition) is 2. The molecule has 2 N–H and O–H groups in total. The number of rotatable bonds is 4. The Balaban J connectivity index is 1.83. The van der Waals surface area contributed by atoms with Crippen LogP contribution in [0, 0.1) is 5.92 Å². The van der Waals surface area contributed by atoms with Gasteiger partial charge in [-0.25, -0.2) is 4.79 Å². The smallest absolute Gasteiger partial charge is 0.380 e. The average molecular weight is 336 g/mol. The molecule has 1 aliphatic carbocycles. The van der Waals surface area contributed by atoms with E-state index in [0.29, 0.717) is 5.92 Å². The van der Waals surface area contributed by atoms with Crippen molar-refractivity contribution in [2.24, 2.45) is 5.92 Å². The Morgan fingerprint density at radius 1 is 1.30 bits per heavy atom. The summed E-state index contributed by atoms with van der Waals surface area (Å²) in [5.41, 5.74) is -2.65. The van der Waals surface area contributed by atoms with Gasteiger partial charge in [-0.2, -0.15) is 13.2 Å². The fraction of sp³-hybridized carbons (Fsp3) is 0.938. The normalized spacial score (nSPS) is 28.0. The molecule has 2 unspecified atom stereocenters. The Kier molecular flexibility index (Phi) is 5.81.